The van der Waals surface area contributed by atoms with E-state index in [0.29, 0.717) is 5.56 Å². The van der Waals surface area contributed by atoms with Gasteiger partial charge in [0, 0.05) is 0 Å². The van der Waals surface area contributed by atoms with Crippen LogP contribution in [0.2, 0.25) is 0 Å². The molecule has 25 heavy (non-hydrogen) atoms. The maximum atomic E-state index is 11.1. The Balaban J connectivity index is 1.86. The van der Waals surface area contributed by atoms with Gasteiger partial charge in [0.1, 0.15) is 0 Å². The predicted molar refractivity (Wildman–Crippen MR) is 103 cm³/mol. The predicted octanol–water partition coefficient (Wildman–Crippen LogP) is 5.95. The van der Waals surface area contributed by atoms with Gasteiger partial charge in [0.05, 0.1) is 5.56 Å². The van der Waals surface area contributed by atoms with E-state index in [-0.39, 0.29) is 0 Å². The molecular weight excluding hydrogens is 308 g/mol. The Bertz CT molecular complexity index is 1230. The van der Waals surface area contributed by atoms with E-state index in [1.165, 1.54) is 32.3 Å². The van der Waals surface area contributed by atoms with Crippen LogP contribution in [-0.4, -0.2) is 11.1 Å². The summed E-state index contributed by atoms with van der Waals surface area (Å²) in [7, 11) is 0. The van der Waals surface area contributed by atoms with Crippen molar-refractivity contribution in [3.8, 4) is 11.1 Å². The van der Waals surface area contributed by atoms with Crippen LogP contribution in [0.4, 0.5) is 0 Å². The van der Waals surface area contributed by atoms with E-state index in [2.05, 4.69) is 54.6 Å². The second kappa shape index (κ2) is 5.05. The van der Waals surface area contributed by atoms with Crippen LogP contribution in [0.5, 0.6) is 0 Å². The number of hydrogen-bond donors (Lipinski definition) is 1. The van der Waals surface area contributed by atoms with Crippen LogP contribution < -0.4 is 0 Å². The van der Waals surface area contributed by atoms with E-state index in [4.69, 9.17) is 5.11 Å². The minimum atomic E-state index is -0.901. The van der Waals surface area contributed by atoms with Gasteiger partial charge < -0.3 is 5.11 Å². The highest BCUT2D eigenvalue weighted by molar-refractivity contribution is 6.25. The van der Waals surface area contributed by atoms with E-state index in [0.717, 1.165) is 11.1 Å². The van der Waals surface area contributed by atoms with Crippen LogP contribution in [0.25, 0.3) is 43.4 Å². The highest BCUT2D eigenvalue weighted by Crippen LogP contribution is 2.39. The number of benzene rings is 5. The van der Waals surface area contributed by atoms with Crippen molar-refractivity contribution in [3.05, 3.63) is 84.4 Å². The molecule has 0 heterocycles. The van der Waals surface area contributed by atoms with E-state index in [9.17, 15) is 4.79 Å². The fourth-order valence-corrected chi connectivity index (χ4v) is 3.78. The smallest absolute Gasteiger partial charge is 0.335 e. The molecule has 0 amide bonds. The van der Waals surface area contributed by atoms with E-state index in [1.807, 2.05) is 12.1 Å². The van der Waals surface area contributed by atoms with Gasteiger partial charge in [0.25, 0.3) is 0 Å². The number of carboxylic acids is 1. The summed E-state index contributed by atoms with van der Waals surface area (Å²) in [4.78, 5) is 11.1. The third kappa shape index (κ3) is 2.01. The Morgan fingerprint density at radius 1 is 0.640 bits per heavy atom. The summed E-state index contributed by atoms with van der Waals surface area (Å²) in [6, 6.07) is 26.4. The normalized spacial score (nSPS) is 11.5. The number of rotatable bonds is 2. The molecule has 2 nitrogen and oxygen atoms in total. The SMILES string of the molecule is O=C(O)c1ccc(-c2ccc3ccc4cccc5ccc2c3c45)cc1. The molecule has 0 spiro atoms. The van der Waals surface area contributed by atoms with Crippen molar-refractivity contribution >= 4 is 38.3 Å². The molecule has 0 aliphatic rings. The lowest BCUT2D eigenvalue weighted by Gasteiger charge is -2.14. The largest absolute Gasteiger partial charge is 0.478 e. The third-order valence-electron chi connectivity index (χ3n) is 4.97. The van der Waals surface area contributed by atoms with Crippen LogP contribution in [0.15, 0.2) is 78.9 Å². The average Bonchev–Trinajstić information content (AvgIpc) is 2.66. The van der Waals surface area contributed by atoms with Crippen molar-refractivity contribution in [2.45, 2.75) is 0 Å². The summed E-state index contributed by atoms with van der Waals surface area (Å²) in [5.41, 5.74) is 2.46. The Labute approximate surface area is 144 Å². The molecule has 5 rings (SSSR count). The van der Waals surface area contributed by atoms with Crippen molar-refractivity contribution in [1.29, 1.82) is 0 Å². The van der Waals surface area contributed by atoms with Crippen LogP contribution in [0.1, 0.15) is 10.4 Å². The van der Waals surface area contributed by atoms with E-state index in [1.54, 1.807) is 12.1 Å². The van der Waals surface area contributed by atoms with E-state index < -0.39 is 5.97 Å². The zero-order chi connectivity index (χ0) is 17.0. The first-order chi connectivity index (χ1) is 12.2. The molecule has 118 valence electrons. The monoisotopic (exact) mass is 322 g/mol. The number of carboxylic acid groups (broad SMARTS) is 1. The highest BCUT2D eigenvalue weighted by atomic mass is 16.4. The van der Waals surface area contributed by atoms with Crippen LogP contribution in [0.3, 0.4) is 0 Å². The lowest BCUT2D eigenvalue weighted by molar-refractivity contribution is 0.0697. The van der Waals surface area contributed by atoms with Crippen LogP contribution in [-0.2, 0) is 0 Å². The third-order valence-corrected chi connectivity index (χ3v) is 4.97. The van der Waals surface area contributed by atoms with Crippen molar-refractivity contribution in [2.75, 3.05) is 0 Å². The fourth-order valence-electron chi connectivity index (χ4n) is 3.78. The second-order valence-electron chi connectivity index (χ2n) is 6.35. The van der Waals surface area contributed by atoms with Gasteiger partial charge >= 0.3 is 5.97 Å². The van der Waals surface area contributed by atoms with Gasteiger partial charge in [-0.15, -0.1) is 0 Å². The first kappa shape index (κ1) is 14.0. The molecule has 0 bridgehead atoms. The van der Waals surface area contributed by atoms with Gasteiger partial charge in [0.2, 0.25) is 0 Å². The maximum absolute atomic E-state index is 11.1. The minimum Gasteiger partial charge on any atom is -0.478 e. The molecule has 2 heteroatoms. The molecule has 1 N–H and O–H groups in total. The molecule has 0 aliphatic heterocycles. The van der Waals surface area contributed by atoms with Crippen LogP contribution >= 0.6 is 0 Å². The number of carbonyl (C=O) groups is 1. The average molecular weight is 322 g/mol. The number of aromatic carboxylic acids is 1. The molecular formula is C23H14O2. The molecule has 0 fully saturated rings. The zero-order valence-corrected chi connectivity index (χ0v) is 13.4. The van der Waals surface area contributed by atoms with Crippen molar-refractivity contribution in [2.24, 2.45) is 0 Å². The van der Waals surface area contributed by atoms with Crippen molar-refractivity contribution in [3.63, 3.8) is 0 Å². The fraction of sp³-hybridized carbons (Fsp3) is 0. The molecule has 5 aromatic rings. The quantitative estimate of drug-likeness (QED) is 0.408. The van der Waals surface area contributed by atoms with Gasteiger partial charge in [-0.2, -0.15) is 0 Å². The van der Waals surface area contributed by atoms with Crippen molar-refractivity contribution < 1.29 is 9.90 Å². The lowest BCUT2D eigenvalue weighted by atomic mass is 9.90. The lowest BCUT2D eigenvalue weighted by Crippen LogP contribution is -1.95. The Morgan fingerprint density at radius 2 is 1.24 bits per heavy atom. The molecule has 0 saturated heterocycles. The van der Waals surface area contributed by atoms with E-state index >= 15 is 0 Å². The zero-order valence-electron chi connectivity index (χ0n) is 13.4. The van der Waals surface area contributed by atoms with Gasteiger partial charge in [-0.1, -0.05) is 66.7 Å². The highest BCUT2D eigenvalue weighted by Gasteiger charge is 2.12. The molecule has 0 unspecified atom stereocenters. The first-order valence-corrected chi connectivity index (χ1v) is 8.23. The van der Waals surface area contributed by atoms with Crippen molar-refractivity contribution in [1.82, 2.24) is 0 Å². The van der Waals surface area contributed by atoms with Gasteiger partial charge in [0.15, 0.2) is 0 Å². The number of hydrogen-bond acceptors (Lipinski definition) is 1. The maximum Gasteiger partial charge on any atom is 0.335 e. The second-order valence-corrected chi connectivity index (χ2v) is 6.35. The van der Waals surface area contributed by atoms with Gasteiger partial charge in [-0.25, -0.2) is 4.79 Å². The first-order valence-electron chi connectivity index (χ1n) is 8.23. The Hall–Kier alpha value is -3.39. The minimum absolute atomic E-state index is 0.307. The Morgan fingerprint density at radius 3 is 1.92 bits per heavy atom. The summed E-state index contributed by atoms with van der Waals surface area (Å²) in [5, 5.41) is 16.6. The molecule has 0 aromatic heterocycles. The van der Waals surface area contributed by atoms with Gasteiger partial charge in [-0.05, 0) is 55.6 Å². The summed E-state index contributed by atoms with van der Waals surface area (Å²) in [6.07, 6.45) is 0. The van der Waals surface area contributed by atoms with Crippen LogP contribution in [0, 0.1) is 0 Å². The summed E-state index contributed by atoms with van der Waals surface area (Å²) in [5.74, 6) is -0.901. The molecule has 0 saturated carbocycles. The van der Waals surface area contributed by atoms with Gasteiger partial charge in [-0.3, -0.25) is 0 Å². The topological polar surface area (TPSA) is 37.3 Å². The Kier molecular flexibility index (Phi) is 2.83. The summed E-state index contributed by atoms with van der Waals surface area (Å²) in [6.45, 7) is 0. The molecule has 5 aromatic carbocycles. The summed E-state index contributed by atoms with van der Waals surface area (Å²) >= 11 is 0. The molecule has 0 radical (unpaired) electrons. The molecule has 0 aliphatic carbocycles. The standard InChI is InChI=1S/C23H14O2/c24-23(25)18-8-4-14(5-9-18)19-12-10-17-7-6-15-2-1-3-16-11-13-20(19)22(17)21(15)16/h1-13H,(H,24,25). The molecule has 0 atom stereocenters. The summed E-state index contributed by atoms with van der Waals surface area (Å²) < 4.78 is 0.